The maximum absolute atomic E-state index is 13.0. The average molecular weight is 369 g/mol. The van der Waals surface area contributed by atoms with Crippen LogP contribution in [-0.4, -0.2) is 20.7 Å². The van der Waals surface area contributed by atoms with Crippen molar-refractivity contribution >= 4 is 34.2 Å². The van der Waals surface area contributed by atoms with Gasteiger partial charge in [-0.05, 0) is 19.1 Å². The summed E-state index contributed by atoms with van der Waals surface area (Å²) in [6, 6.07) is 4.72. The SMILES string of the molecule is Cc1nn(C)c2ncc(C(=O)Nc3ccccc3C(F)(F)F)c(Cl)c12. The van der Waals surface area contributed by atoms with Gasteiger partial charge in [-0.15, -0.1) is 0 Å². The fourth-order valence-electron chi connectivity index (χ4n) is 2.56. The highest BCUT2D eigenvalue weighted by atomic mass is 35.5. The quantitative estimate of drug-likeness (QED) is 0.737. The normalized spacial score (nSPS) is 11.8. The summed E-state index contributed by atoms with van der Waals surface area (Å²) < 4.78 is 40.6. The lowest BCUT2D eigenvalue weighted by Gasteiger charge is -2.14. The topological polar surface area (TPSA) is 59.8 Å². The molecule has 130 valence electrons. The molecule has 1 aromatic carbocycles. The summed E-state index contributed by atoms with van der Waals surface area (Å²) in [6.07, 6.45) is -3.37. The maximum atomic E-state index is 13.0. The van der Waals surface area contributed by atoms with Crippen molar-refractivity contribution in [1.29, 1.82) is 0 Å². The Hall–Kier alpha value is -2.61. The molecule has 2 aromatic heterocycles. The summed E-state index contributed by atoms with van der Waals surface area (Å²) in [7, 11) is 1.68. The molecule has 0 radical (unpaired) electrons. The van der Waals surface area contributed by atoms with E-state index in [-0.39, 0.29) is 16.3 Å². The first-order valence-electron chi connectivity index (χ1n) is 7.15. The molecule has 3 aromatic rings. The van der Waals surface area contributed by atoms with E-state index in [4.69, 9.17) is 11.6 Å². The van der Waals surface area contributed by atoms with Gasteiger partial charge in [-0.2, -0.15) is 18.3 Å². The molecule has 0 bridgehead atoms. The van der Waals surface area contributed by atoms with Gasteiger partial charge in [0.05, 0.1) is 32.9 Å². The van der Waals surface area contributed by atoms with E-state index in [0.29, 0.717) is 16.7 Å². The summed E-state index contributed by atoms with van der Waals surface area (Å²) in [5, 5.41) is 7.01. The Bertz CT molecular complexity index is 981. The van der Waals surface area contributed by atoms with Crippen LogP contribution in [0.3, 0.4) is 0 Å². The number of carbonyl (C=O) groups excluding carboxylic acids is 1. The zero-order valence-corrected chi connectivity index (χ0v) is 13.9. The number of nitrogens with zero attached hydrogens (tertiary/aromatic N) is 3. The zero-order valence-electron chi connectivity index (χ0n) is 13.1. The lowest BCUT2D eigenvalue weighted by molar-refractivity contribution is -0.136. The Morgan fingerprint density at radius 3 is 2.64 bits per heavy atom. The molecule has 0 unspecified atom stereocenters. The van der Waals surface area contributed by atoms with E-state index in [9.17, 15) is 18.0 Å². The molecular formula is C16H12ClF3N4O. The summed E-state index contributed by atoms with van der Waals surface area (Å²) in [5.41, 5.74) is -0.262. The number of halogens is 4. The number of aromatic nitrogens is 3. The van der Waals surface area contributed by atoms with Crippen molar-refractivity contribution in [3.63, 3.8) is 0 Å². The smallest absolute Gasteiger partial charge is 0.321 e. The molecule has 0 saturated heterocycles. The number of benzene rings is 1. The van der Waals surface area contributed by atoms with Crippen LogP contribution in [0.2, 0.25) is 5.02 Å². The highest BCUT2D eigenvalue weighted by Crippen LogP contribution is 2.35. The molecular weight excluding hydrogens is 357 g/mol. The average Bonchev–Trinajstić information content (AvgIpc) is 2.82. The summed E-state index contributed by atoms with van der Waals surface area (Å²) in [5.74, 6) is -0.778. The number of rotatable bonds is 2. The fourth-order valence-corrected chi connectivity index (χ4v) is 2.91. The Morgan fingerprint density at radius 1 is 1.28 bits per heavy atom. The minimum atomic E-state index is -4.59. The molecule has 2 heterocycles. The van der Waals surface area contributed by atoms with Crippen LogP contribution in [0.5, 0.6) is 0 Å². The van der Waals surface area contributed by atoms with E-state index >= 15 is 0 Å². The Balaban J connectivity index is 2.02. The van der Waals surface area contributed by atoms with Gasteiger partial charge in [0, 0.05) is 13.2 Å². The van der Waals surface area contributed by atoms with E-state index in [2.05, 4.69) is 15.4 Å². The van der Waals surface area contributed by atoms with Gasteiger partial charge in [-0.1, -0.05) is 23.7 Å². The van der Waals surface area contributed by atoms with Crippen LogP contribution in [-0.2, 0) is 13.2 Å². The van der Waals surface area contributed by atoms with Crippen LogP contribution in [0, 0.1) is 6.92 Å². The second kappa shape index (κ2) is 6.03. The monoisotopic (exact) mass is 368 g/mol. The van der Waals surface area contributed by atoms with E-state index < -0.39 is 17.6 Å². The number of carbonyl (C=O) groups is 1. The maximum Gasteiger partial charge on any atom is 0.418 e. The third-order valence-electron chi connectivity index (χ3n) is 3.69. The lowest BCUT2D eigenvalue weighted by Crippen LogP contribution is -2.17. The van der Waals surface area contributed by atoms with Gasteiger partial charge < -0.3 is 5.32 Å². The highest BCUT2D eigenvalue weighted by Gasteiger charge is 2.33. The number of hydrogen-bond acceptors (Lipinski definition) is 3. The van der Waals surface area contributed by atoms with Crippen molar-refractivity contribution in [2.45, 2.75) is 13.1 Å². The van der Waals surface area contributed by atoms with Crippen LogP contribution in [0.25, 0.3) is 11.0 Å². The van der Waals surface area contributed by atoms with E-state index in [0.717, 1.165) is 6.07 Å². The summed E-state index contributed by atoms with van der Waals surface area (Å²) >= 11 is 6.27. The zero-order chi connectivity index (χ0) is 18.4. The second-order valence-electron chi connectivity index (χ2n) is 5.39. The Kier molecular flexibility index (Phi) is 4.16. The van der Waals surface area contributed by atoms with Crippen molar-refractivity contribution in [2.75, 3.05) is 5.32 Å². The number of para-hydroxylation sites is 1. The third kappa shape index (κ3) is 3.05. The molecule has 25 heavy (non-hydrogen) atoms. The minimum absolute atomic E-state index is 0.0257. The number of alkyl halides is 3. The molecule has 3 rings (SSSR count). The molecule has 0 aliphatic heterocycles. The van der Waals surface area contributed by atoms with E-state index in [1.807, 2.05) is 0 Å². The number of fused-ring (bicyclic) bond motifs is 1. The van der Waals surface area contributed by atoms with Gasteiger partial charge in [0.25, 0.3) is 5.91 Å². The van der Waals surface area contributed by atoms with Gasteiger partial charge >= 0.3 is 6.18 Å². The van der Waals surface area contributed by atoms with Crippen molar-refractivity contribution < 1.29 is 18.0 Å². The van der Waals surface area contributed by atoms with Crippen LogP contribution in [0.1, 0.15) is 21.6 Å². The molecule has 0 saturated carbocycles. The van der Waals surface area contributed by atoms with Crippen LogP contribution in [0.15, 0.2) is 30.5 Å². The molecule has 0 spiro atoms. The number of aryl methyl sites for hydroxylation is 2. The third-order valence-corrected chi connectivity index (χ3v) is 4.08. The van der Waals surface area contributed by atoms with Crippen molar-refractivity contribution in [3.05, 3.63) is 52.3 Å². The number of hydrogen-bond donors (Lipinski definition) is 1. The summed E-state index contributed by atoms with van der Waals surface area (Å²) in [6.45, 7) is 1.70. The molecule has 1 N–H and O–H groups in total. The first-order valence-corrected chi connectivity index (χ1v) is 7.53. The molecule has 0 fully saturated rings. The number of pyridine rings is 1. The molecule has 5 nitrogen and oxygen atoms in total. The Labute approximate surface area is 145 Å². The first-order chi connectivity index (χ1) is 11.7. The number of amides is 1. The highest BCUT2D eigenvalue weighted by molar-refractivity contribution is 6.39. The van der Waals surface area contributed by atoms with Crippen molar-refractivity contribution in [2.24, 2.45) is 7.05 Å². The van der Waals surface area contributed by atoms with Gasteiger partial charge in [0.15, 0.2) is 5.65 Å². The number of anilines is 1. The van der Waals surface area contributed by atoms with Crippen LogP contribution < -0.4 is 5.32 Å². The van der Waals surface area contributed by atoms with Gasteiger partial charge in [-0.3, -0.25) is 9.48 Å². The molecule has 1 amide bonds. The van der Waals surface area contributed by atoms with Gasteiger partial charge in [0.1, 0.15) is 0 Å². The molecule has 0 aliphatic rings. The predicted molar refractivity (Wildman–Crippen MR) is 87.7 cm³/mol. The van der Waals surface area contributed by atoms with E-state index in [1.54, 1.807) is 14.0 Å². The predicted octanol–water partition coefficient (Wildman–Crippen LogP) is 4.20. The first kappa shape index (κ1) is 17.2. The van der Waals surface area contributed by atoms with Gasteiger partial charge in [0.2, 0.25) is 0 Å². The largest absolute Gasteiger partial charge is 0.418 e. The second-order valence-corrected chi connectivity index (χ2v) is 5.77. The van der Waals surface area contributed by atoms with Crippen LogP contribution in [0.4, 0.5) is 18.9 Å². The van der Waals surface area contributed by atoms with Crippen molar-refractivity contribution in [3.8, 4) is 0 Å². The minimum Gasteiger partial charge on any atom is -0.321 e. The molecule has 0 atom stereocenters. The van der Waals surface area contributed by atoms with Crippen LogP contribution >= 0.6 is 11.6 Å². The summed E-state index contributed by atoms with van der Waals surface area (Å²) in [4.78, 5) is 16.6. The fraction of sp³-hybridized carbons (Fsp3) is 0.188. The Morgan fingerprint density at radius 2 is 1.96 bits per heavy atom. The molecule has 9 heteroatoms. The van der Waals surface area contributed by atoms with Crippen molar-refractivity contribution in [1.82, 2.24) is 14.8 Å². The standard InChI is InChI=1S/C16H12ClF3N4O/c1-8-12-13(17)9(7-21-14(12)24(2)23-8)15(25)22-11-6-4-3-5-10(11)16(18,19)20/h3-7H,1-2H3,(H,22,25). The lowest BCUT2D eigenvalue weighted by atomic mass is 10.1. The molecule has 0 aliphatic carbocycles. The van der Waals surface area contributed by atoms with Gasteiger partial charge in [-0.25, -0.2) is 4.98 Å². The van der Waals surface area contributed by atoms with E-state index in [1.165, 1.54) is 29.1 Å². The number of nitrogens with one attached hydrogen (secondary N) is 1.